The fraction of sp³-hybridized carbons (Fsp3) is 0.478. The number of aromatic nitrogens is 3. The summed E-state index contributed by atoms with van der Waals surface area (Å²) in [6.07, 6.45) is 1.75. The molecular weight excluding hydrogens is 424 g/mol. The predicted molar refractivity (Wildman–Crippen MR) is 130 cm³/mol. The lowest BCUT2D eigenvalue weighted by Gasteiger charge is -2.17. The minimum atomic E-state index is -1.16. The van der Waals surface area contributed by atoms with Gasteiger partial charge in [-0.2, -0.15) is 5.10 Å². The van der Waals surface area contributed by atoms with Crippen LogP contribution < -0.4 is 9.64 Å². The van der Waals surface area contributed by atoms with E-state index in [0.29, 0.717) is 19.0 Å². The largest absolute Gasteiger partial charge is 0.491 e. The van der Waals surface area contributed by atoms with E-state index in [-0.39, 0.29) is 19.8 Å². The van der Waals surface area contributed by atoms with E-state index in [2.05, 4.69) is 24.6 Å². The second-order valence-corrected chi connectivity index (χ2v) is 14.6. The van der Waals surface area contributed by atoms with Gasteiger partial charge in [0.15, 0.2) is 0 Å². The lowest BCUT2D eigenvalue weighted by molar-refractivity contribution is 0.0818. The Labute approximate surface area is 190 Å². The van der Waals surface area contributed by atoms with Crippen molar-refractivity contribution in [3.63, 3.8) is 0 Å². The number of pyridine rings is 1. The van der Waals surface area contributed by atoms with Crippen LogP contribution in [-0.4, -0.2) is 73.1 Å². The Morgan fingerprint density at radius 1 is 1.06 bits per heavy atom. The van der Waals surface area contributed by atoms with Crippen molar-refractivity contribution in [1.82, 2.24) is 14.8 Å². The summed E-state index contributed by atoms with van der Waals surface area (Å²) in [7, 11) is 0.733. The second kappa shape index (κ2) is 10.9. The van der Waals surface area contributed by atoms with Gasteiger partial charge in [0.2, 0.25) is 0 Å². The van der Waals surface area contributed by atoms with Gasteiger partial charge in [0.25, 0.3) is 0 Å². The van der Waals surface area contributed by atoms with Crippen LogP contribution in [0.5, 0.6) is 5.75 Å². The van der Waals surface area contributed by atoms with E-state index in [1.54, 1.807) is 6.20 Å². The molecule has 0 atom stereocenters. The third-order valence-corrected chi connectivity index (χ3v) is 6.84. The standard InChI is InChI=1S/C23H34N4O4Si/c1-26(9-10-28)22-15-18(7-8-24-22)23-20-16-19(31-12-11-29)5-6-21(20)27(25-23)17-30-13-14-32(2,3)4/h5-8,15-16,28-29H,9-14,17H2,1-4H3. The van der Waals surface area contributed by atoms with Gasteiger partial charge in [0, 0.05) is 45.4 Å². The van der Waals surface area contributed by atoms with E-state index in [1.165, 1.54) is 0 Å². The summed E-state index contributed by atoms with van der Waals surface area (Å²) in [4.78, 5) is 6.32. The summed E-state index contributed by atoms with van der Waals surface area (Å²) in [5, 5.41) is 24.2. The van der Waals surface area contributed by atoms with Gasteiger partial charge in [-0.05, 0) is 36.4 Å². The van der Waals surface area contributed by atoms with Gasteiger partial charge in [-0.15, -0.1) is 0 Å². The molecule has 8 nitrogen and oxygen atoms in total. The zero-order valence-electron chi connectivity index (χ0n) is 19.4. The van der Waals surface area contributed by atoms with E-state index in [1.807, 2.05) is 47.0 Å². The number of hydrogen-bond donors (Lipinski definition) is 2. The maximum absolute atomic E-state index is 9.26. The van der Waals surface area contributed by atoms with Crippen LogP contribution in [-0.2, 0) is 11.5 Å². The van der Waals surface area contributed by atoms with Crippen molar-refractivity contribution < 1.29 is 19.7 Å². The van der Waals surface area contributed by atoms with Crippen LogP contribution in [0.1, 0.15) is 0 Å². The molecule has 3 rings (SSSR count). The Hall–Kier alpha value is -2.46. The van der Waals surface area contributed by atoms with E-state index in [9.17, 15) is 5.11 Å². The molecule has 0 aliphatic rings. The van der Waals surface area contributed by atoms with Crippen molar-refractivity contribution in [3.8, 4) is 17.0 Å². The fourth-order valence-electron chi connectivity index (χ4n) is 3.29. The average Bonchev–Trinajstić information content (AvgIpc) is 3.13. The zero-order valence-corrected chi connectivity index (χ0v) is 20.4. The molecular formula is C23H34N4O4Si. The molecule has 1 aromatic carbocycles. The highest BCUT2D eigenvalue weighted by Crippen LogP contribution is 2.32. The molecule has 0 bridgehead atoms. The zero-order chi connectivity index (χ0) is 23.1. The summed E-state index contributed by atoms with van der Waals surface area (Å²) in [6.45, 7) is 8.84. The lowest BCUT2D eigenvalue weighted by atomic mass is 10.1. The molecule has 0 amide bonds. The monoisotopic (exact) mass is 458 g/mol. The maximum Gasteiger partial charge on any atom is 0.140 e. The van der Waals surface area contributed by atoms with Crippen LogP contribution >= 0.6 is 0 Å². The van der Waals surface area contributed by atoms with Crippen LogP contribution in [0, 0.1) is 0 Å². The Kier molecular flexibility index (Phi) is 8.24. The minimum absolute atomic E-state index is 0.0417. The van der Waals surface area contributed by atoms with Crippen molar-refractivity contribution in [2.24, 2.45) is 0 Å². The van der Waals surface area contributed by atoms with Gasteiger partial charge in [-0.3, -0.25) is 0 Å². The van der Waals surface area contributed by atoms with Gasteiger partial charge >= 0.3 is 0 Å². The van der Waals surface area contributed by atoms with Crippen molar-refractivity contribution in [2.75, 3.05) is 44.9 Å². The molecule has 0 unspecified atom stereocenters. The highest BCUT2D eigenvalue weighted by molar-refractivity contribution is 6.76. The van der Waals surface area contributed by atoms with Crippen LogP contribution in [0.25, 0.3) is 22.2 Å². The number of nitrogens with zero attached hydrogens (tertiary/aromatic N) is 4. The molecule has 0 spiro atoms. The summed E-state index contributed by atoms with van der Waals surface area (Å²) in [5.74, 6) is 1.44. The van der Waals surface area contributed by atoms with Crippen molar-refractivity contribution in [1.29, 1.82) is 0 Å². The normalized spacial score (nSPS) is 11.8. The quantitative estimate of drug-likeness (QED) is 0.318. The topological polar surface area (TPSA) is 92.9 Å². The number of ether oxygens (including phenoxy) is 2. The van der Waals surface area contributed by atoms with Crippen LogP contribution in [0.4, 0.5) is 5.82 Å². The van der Waals surface area contributed by atoms with E-state index in [4.69, 9.17) is 19.7 Å². The highest BCUT2D eigenvalue weighted by atomic mass is 28.3. The Bertz CT molecular complexity index is 1020. The summed E-state index contributed by atoms with van der Waals surface area (Å²) in [6, 6.07) is 10.8. The summed E-state index contributed by atoms with van der Waals surface area (Å²) < 4.78 is 13.5. The van der Waals surface area contributed by atoms with Crippen LogP contribution in [0.3, 0.4) is 0 Å². The van der Waals surface area contributed by atoms with Crippen molar-refractivity contribution in [2.45, 2.75) is 32.4 Å². The van der Waals surface area contributed by atoms with Crippen LogP contribution in [0.2, 0.25) is 25.7 Å². The van der Waals surface area contributed by atoms with E-state index >= 15 is 0 Å². The third kappa shape index (κ3) is 6.29. The van der Waals surface area contributed by atoms with Crippen molar-refractivity contribution in [3.05, 3.63) is 36.5 Å². The molecule has 2 N–H and O–H groups in total. The molecule has 2 heterocycles. The Morgan fingerprint density at radius 2 is 1.88 bits per heavy atom. The first-order chi connectivity index (χ1) is 15.3. The number of hydrogen-bond acceptors (Lipinski definition) is 7. The molecule has 0 fully saturated rings. The smallest absolute Gasteiger partial charge is 0.140 e. The summed E-state index contributed by atoms with van der Waals surface area (Å²) >= 11 is 0. The number of rotatable bonds is 12. The second-order valence-electron chi connectivity index (χ2n) is 9.00. The van der Waals surface area contributed by atoms with E-state index in [0.717, 1.165) is 40.6 Å². The molecule has 0 saturated carbocycles. The molecule has 0 aliphatic carbocycles. The van der Waals surface area contributed by atoms with Gasteiger partial charge in [0.05, 0.1) is 18.7 Å². The first-order valence-corrected chi connectivity index (χ1v) is 14.6. The predicted octanol–water partition coefficient (Wildman–Crippen LogP) is 3.21. The molecule has 0 aliphatic heterocycles. The third-order valence-electron chi connectivity index (χ3n) is 5.14. The number of benzene rings is 1. The molecule has 9 heteroatoms. The minimum Gasteiger partial charge on any atom is -0.491 e. The number of likely N-dealkylation sites (N-methyl/N-ethyl adjacent to an activating group) is 1. The molecule has 0 saturated heterocycles. The van der Waals surface area contributed by atoms with Gasteiger partial charge < -0.3 is 24.6 Å². The number of aliphatic hydroxyl groups is 2. The number of aliphatic hydroxyl groups excluding tert-OH is 2. The van der Waals surface area contributed by atoms with E-state index < -0.39 is 8.07 Å². The molecule has 174 valence electrons. The molecule has 3 aromatic rings. The van der Waals surface area contributed by atoms with Crippen LogP contribution in [0.15, 0.2) is 36.5 Å². The SMILES string of the molecule is CN(CCO)c1cc(-c2nn(COCC[Si](C)(C)C)c3ccc(OCCO)cc23)ccn1. The average molecular weight is 459 g/mol. The van der Waals surface area contributed by atoms with Gasteiger partial charge in [-0.1, -0.05) is 19.6 Å². The fourth-order valence-corrected chi connectivity index (χ4v) is 4.05. The molecule has 2 aromatic heterocycles. The number of fused-ring (bicyclic) bond motifs is 1. The Morgan fingerprint density at radius 3 is 2.59 bits per heavy atom. The van der Waals surface area contributed by atoms with Gasteiger partial charge in [0.1, 0.15) is 30.6 Å². The lowest BCUT2D eigenvalue weighted by Crippen LogP contribution is -2.22. The first kappa shape index (κ1) is 24.2. The molecule has 0 radical (unpaired) electrons. The highest BCUT2D eigenvalue weighted by Gasteiger charge is 2.16. The maximum atomic E-state index is 9.26. The number of anilines is 1. The van der Waals surface area contributed by atoms with Gasteiger partial charge in [-0.25, -0.2) is 9.67 Å². The molecule has 32 heavy (non-hydrogen) atoms. The van der Waals surface area contributed by atoms with Crippen molar-refractivity contribution >= 4 is 24.8 Å². The Balaban J connectivity index is 1.95. The first-order valence-electron chi connectivity index (χ1n) is 10.9. The summed E-state index contributed by atoms with van der Waals surface area (Å²) in [5.41, 5.74) is 2.68.